The molecule has 0 bridgehead atoms. The molecular weight excluding hydrogens is 450 g/mol. The van der Waals surface area contributed by atoms with Crippen LogP contribution in [0.15, 0.2) is 42.7 Å². The van der Waals surface area contributed by atoms with E-state index in [0.717, 1.165) is 54.1 Å². The van der Waals surface area contributed by atoms with E-state index in [4.69, 9.17) is 24.0 Å². The monoisotopic (exact) mass is 469 g/mol. The first-order valence-electron chi connectivity index (χ1n) is 9.99. The number of nitrogens with zero attached hydrogens (tertiary/aromatic N) is 4. The minimum atomic E-state index is -0.179. The molecule has 1 aliphatic rings. The third-order valence-corrected chi connectivity index (χ3v) is 6.15. The number of H-pyrrole nitrogens is 1. The molecule has 3 heterocycles. The van der Waals surface area contributed by atoms with Gasteiger partial charge in [-0.15, -0.1) is 0 Å². The Morgan fingerprint density at radius 1 is 1.00 bits per heavy atom. The predicted octanol–water partition coefficient (Wildman–Crippen LogP) is 3.61. The number of phenols is 2. The number of aromatic amines is 1. The molecule has 4 aromatic rings. The Morgan fingerprint density at radius 3 is 2.41 bits per heavy atom. The van der Waals surface area contributed by atoms with Crippen LogP contribution in [0.3, 0.4) is 0 Å². The molecule has 164 valence electrons. The molecule has 1 saturated heterocycles. The topological polar surface area (TPSA) is 113 Å². The van der Waals surface area contributed by atoms with Crippen LogP contribution in [0.5, 0.6) is 11.5 Å². The normalized spacial score (nSPS) is 14.2. The second-order valence-corrected chi connectivity index (χ2v) is 8.08. The molecule has 0 atom stereocenters. The number of hydrogen-bond donors (Lipinski definition) is 5. The zero-order valence-corrected chi connectivity index (χ0v) is 18.4. The second kappa shape index (κ2) is 8.21. The lowest BCUT2D eigenvalue weighted by molar-refractivity contribution is 0.390. The third-order valence-electron chi connectivity index (χ3n) is 5.58. The summed E-state index contributed by atoms with van der Waals surface area (Å²) in [5, 5.41) is 25.3. The van der Waals surface area contributed by atoms with E-state index in [2.05, 4.69) is 34.9 Å². The van der Waals surface area contributed by atoms with Crippen LogP contribution in [0.25, 0.3) is 21.9 Å². The highest BCUT2D eigenvalue weighted by Crippen LogP contribution is 2.37. The molecule has 0 amide bonds. The Hall–Kier alpha value is -3.50. The maximum absolute atomic E-state index is 9.99. The molecule has 2 aromatic carbocycles. The maximum Gasteiger partial charge on any atom is 0.173 e. The van der Waals surface area contributed by atoms with Crippen LogP contribution in [0.1, 0.15) is 0 Å². The number of piperazine rings is 1. The molecule has 11 heteroatoms. The summed E-state index contributed by atoms with van der Waals surface area (Å²) in [6.45, 7) is 2.90. The molecular formula is C21H20ClN7O2S. The summed E-state index contributed by atoms with van der Waals surface area (Å²) < 4.78 is 0. The van der Waals surface area contributed by atoms with Gasteiger partial charge in [-0.25, -0.2) is 9.97 Å². The van der Waals surface area contributed by atoms with Crippen molar-refractivity contribution >= 4 is 68.2 Å². The molecule has 32 heavy (non-hydrogen) atoms. The van der Waals surface area contributed by atoms with E-state index in [1.807, 2.05) is 24.3 Å². The molecule has 1 aliphatic heterocycles. The fourth-order valence-electron chi connectivity index (χ4n) is 3.91. The van der Waals surface area contributed by atoms with Gasteiger partial charge in [0.05, 0.1) is 10.9 Å². The van der Waals surface area contributed by atoms with Crippen LogP contribution in [-0.2, 0) is 0 Å². The van der Waals surface area contributed by atoms with Crippen molar-refractivity contribution in [3.05, 3.63) is 42.7 Å². The largest absolute Gasteiger partial charge is 0.504 e. The molecule has 0 spiro atoms. The number of thiocarbonyl (C=S) groups is 1. The number of nitrogens with one attached hydrogen (secondary N) is 3. The summed E-state index contributed by atoms with van der Waals surface area (Å²) in [6.07, 6.45) is 1.52. The van der Waals surface area contributed by atoms with Crippen molar-refractivity contribution in [1.82, 2.24) is 19.9 Å². The highest BCUT2D eigenvalue weighted by molar-refractivity contribution is 7.80. The van der Waals surface area contributed by atoms with Crippen molar-refractivity contribution in [3.63, 3.8) is 0 Å². The number of aromatic hydroxyl groups is 2. The number of phenolic OH excluding ortho intramolecular Hbond substituents is 2. The minimum Gasteiger partial charge on any atom is -0.504 e. The minimum absolute atomic E-state index is 0.177. The van der Waals surface area contributed by atoms with Gasteiger partial charge in [0.15, 0.2) is 16.6 Å². The van der Waals surface area contributed by atoms with Gasteiger partial charge in [0.2, 0.25) is 0 Å². The molecule has 0 unspecified atom stereocenters. The number of anilines is 3. The lowest BCUT2D eigenvalue weighted by Crippen LogP contribution is -2.50. The number of rotatable bonds is 3. The summed E-state index contributed by atoms with van der Waals surface area (Å²) in [7, 11) is 0. The quantitative estimate of drug-likeness (QED) is 0.174. The van der Waals surface area contributed by atoms with Gasteiger partial charge in [-0.2, -0.15) is 0 Å². The van der Waals surface area contributed by atoms with E-state index in [-0.39, 0.29) is 11.5 Å². The van der Waals surface area contributed by atoms with Gasteiger partial charge in [-0.05, 0) is 42.5 Å². The van der Waals surface area contributed by atoms with Crippen molar-refractivity contribution in [2.24, 2.45) is 0 Å². The number of aromatic nitrogens is 3. The zero-order valence-electron chi connectivity index (χ0n) is 16.8. The Bertz CT molecular complexity index is 1300. The van der Waals surface area contributed by atoms with Crippen molar-refractivity contribution in [2.45, 2.75) is 0 Å². The molecule has 0 aliphatic carbocycles. The fraction of sp³-hybridized carbons (Fsp3) is 0.190. The summed E-state index contributed by atoms with van der Waals surface area (Å²) in [6, 6.07) is 10.6. The van der Waals surface area contributed by atoms with Gasteiger partial charge >= 0.3 is 0 Å². The van der Waals surface area contributed by atoms with Crippen LogP contribution >= 0.6 is 24.0 Å². The zero-order chi connectivity index (χ0) is 22.2. The summed E-state index contributed by atoms with van der Waals surface area (Å²) in [5.74, 6) is 0.431. The summed E-state index contributed by atoms with van der Waals surface area (Å²) >= 11 is 11.2. The first-order chi connectivity index (χ1) is 15.5. The van der Waals surface area contributed by atoms with Crippen molar-refractivity contribution in [3.8, 4) is 11.5 Å². The Balaban J connectivity index is 1.33. The molecule has 0 radical (unpaired) electrons. The predicted molar refractivity (Wildman–Crippen MR) is 131 cm³/mol. The first-order valence-corrected chi connectivity index (χ1v) is 10.8. The molecule has 2 aromatic heterocycles. The van der Waals surface area contributed by atoms with Crippen LogP contribution < -0.4 is 15.1 Å². The summed E-state index contributed by atoms with van der Waals surface area (Å²) in [5.41, 5.74) is 3.06. The number of fused-ring (bicyclic) bond motifs is 3. The Labute approximate surface area is 193 Å². The van der Waals surface area contributed by atoms with Crippen LogP contribution in [0.2, 0.25) is 0 Å². The Morgan fingerprint density at radius 2 is 1.69 bits per heavy atom. The van der Waals surface area contributed by atoms with E-state index in [1.54, 1.807) is 0 Å². The number of halogens is 1. The van der Waals surface area contributed by atoms with Gasteiger partial charge in [-0.3, -0.25) is 4.84 Å². The van der Waals surface area contributed by atoms with Crippen molar-refractivity contribution in [2.75, 3.05) is 41.2 Å². The third kappa shape index (κ3) is 3.67. The number of hydrogen-bond acceptors (Lipinski definition) is 7. The van der Waals surface area contributed by atoms with E-state index < -0.39 is 0 Å². The van der Waals surface area contributed by atoms with Crippen molar-refractivity contribution in [1.29, 1.82) is 0 Å². The van der Waals surface area contributed by atoms with Gasteiger partial charge in [0.1, 0.15) is 17.8 Å². The fourth-order valence-corrected chi connectivity index (χ4v) is 4.34. The van der Waals surface area contributed by atoms with E-state index in [9.17, 15) is 10.2 Å². The first kappa shape index (κ1) is 20.4. The molecule has 5 N–H and O–H groups in total. The van der Waals surface area contributed by atoms with E-state index in [1.165, 1.54) is 18.5 Å². The Kier molecular flexibility index (Phi) is 5.24. The summed E-state index contributed by atoms with van der Waals surface area (Å²) in [4.78, 5) is 18.9. The van der Waals surface area contributed by atoms with Gasteiger partial charge in [0.25, 0.3) is 0 Å². The van der Waals surface area contributed by atoms with Crippen molar-refractivity contribution < 1.29 is 10.2 Å². The van der Waals surface area contributed by atoms with E-state index in [0.29, 0.717) is 16.3 Å². The smallest absolute Gasteiger partial charge is 0.173 e. The highest BCUT2D eigenvalue weighted by Gasteiger charge is 2.23. The number of benzene rings is 2. The molecule has 5 rings (SSSR count). The molecule has 1 fully saturated rings. The van der Waals surface area contributed by atoms with Gasteiger partial charge in [0, 0.05) is 60.8 Å². The standard InChI is InChI=1S/C21H20ClN7O2S/c22-27-13-3-1-12(2-4-13)25-21(32)29-7-5-28(6-8-29)20-18-14-9-16(30)17(31)10-15(14)26-19(18)23-11-24-20/h1-4,9-11,27,30-31H,5-8H2,(H,25,32)(H,23,24,26). The molecule has 0 saturated carbocycles. The second-order valence-electron chi connectivity index (χ2n) is 7.51. The van der Waals surface area contributed by atoms with Crippen LogP contribution in [0.4, 0.5) is 17.2 Å². The average Bonchev–Trinajstić information content (AvgIpc) is 3.17. The maximum atomic E-state index is 9.99. The van der Waals surface area contributed by atoms with Gasteiger partial charge < -0.3 is 30.3 Å². The SMILES string of the molecule is Oc1cc2[nH]c3ncnc(N4CCN(C(=S)Nc5ccc(NCl)cc5)CC4)c3c2cc1O. The molecule has 9 nitrogen and oxygen atoms in total. The average molecular weight is 470 g/mol. The van der Waals surface area contributed by atoms with E-state index >= 15 is 0 Å². The lowest BCUT2D eigenvalue weighted by atomic mass is 10.1. The lowest BCUT2D eigenvalue weighted by Gasteiger charge is -2.37. The van der Waals surface area contributed by atoms with Crippen LogP contribution in [-0.4, -0.2) is 61.4 Å². The highest BCUT2D eigenvalue weighted by atomic mass is 35.5. The van der Waals surface area contributed by atoms with Gasteiger partial charge in [-0.1, -0.05) is 0 Å². The van der Waals surface area contributed by atoms with Crippen LogP contribution in [0, 0.1) is 0 Å².